The van der Waals surface area contributed by atoms with E-state index in [9.17, 15) is 4.79 Å². The molecule has 1 saturated heterocycles. The average Bonchev–Trinajstić information content (AvgIpc) is 2.88. The first-order chi connectivity index (χ1) is 10.5. The second-order valence-corrected chi connectivity index (χ2v) is 6.58. The lowest BCUT2D eigenvalue weighted by atomic mass is 9.92. The van der Waals surface area contributed by atoms with Crippen LogP contribution in [0.15, 0.2) is 16.5 Å². The SMILES string of the molecule is COC[C@H](NCC(=O)N1C[C@@H](C)C[C@H](C)C1)c1ccc(C)o1. The number of carbonyl (C=O) groups excluding carboxylic acids is 1. The van der Waals surface area contributed by atoms with Crippen LogP contribution in [0.4, 0.5) is 0 Å². The third-order valence-corrected chi connectivity index (χ3v) is 4.16. The Balaban J connectivity index is 1.90. The van der Waals surface area contributed by atoms with Gasteiger partial charge in [0.2, 0.25) is 5.91 Å². The molecule has 0 spiro atoms. The van der Waals surface area contributed by atoms with Gasteiger partial charge in [-0.25, -0.2) is 0 Å². The molecule has 2 rings (SSSR count). The molecule has 124 valence electrons. The number of likely N-dealkylation sites (tertiary alicyclic amines) is 1. The van der Waals surface area contributed by atoms with Crippen molar-refractivity contribution in [1.82, 2.24) is 10.2 Å². The minimum atomic E-state index is -0.0951. The normalized spacial score (nSPS) is 23.5. The van der Waals surface area contributed by atoms with E-state index in [1.807, 2.05) is 24.0 Å². The molecule has 0 aliphatic carbocycles. The first-order valence-electron chi connectivity index (χ1n) is 8.06. The van der Waals surface area contributed by atoms with Gasteiger partial charge < -0.3 is 14.1 Å². The van der Waals surface area contributed by atoms with Crippen molar-refractivity contribution in [3.05, 3.63) is 23.7 Å². The molecule has 0 bridgehead atoms. The maximum absolute atomic E-state index is 12.4. The van der Waals surface area contributed by atoms with Crippen LogP contribution in [0.2, 0.25) is 0 Å². The van der Waals surface area contributed by atoms with E-state index in [1.54, 1.807) is 7.11 Å². The van der Waals surface area contributed by atoms with Crippen LogP contribution >= 0.6 is 0 Å². The Morgan fingerprint density at radius 1 is 1.41 bits per heavy atom. The standard InChI is InChI=1S/C17H28N2O3/c1-12-7-13(2)10-19(9-12)17(20)8-18-15(11-21-4)16-6-5-14(3)22-16/h5-6,12-13,15,18H,7-11H2,1-4H3/t12-,13-,15-/m0/s1. The zero-order valence-corrected chi connectivity index (χ0v) is 14.1. The molecule has 0 aromatic carbocycles. The summed E-state index contributed by atoms with van der Waals surface area (Å²) >= 11 is 0. The Morgan fingerprint density at radius 3 is 2.64 bits per heavy atom. The summed E-state index contributed by atoms with van der Waals surface area (Å²) in [6, 6.07) is 3.76. The van der Waals surface area contributed by atoms with Gasteiger partial charge in [-0.1, -0.05) is 13.8 Å². The number of furan rings is 1. The molecule has 1 aliphatic heterocycles. The molecule has 1 fully saturated rings. The van der Waals surface area contributed by atoms with Crippen LogP contribution in [-0.2, 0) is 9.53 Å². The molecule has 1 N–H and O–H groups in total. The molecule has 0 unspecified atom stereocenters. The monoisotopic (exact) mass is 308 g/mol. The molecule has 1 amide bonds. The van der Waals surface area contributed by atoms with Gasteiger partial charge in [-0.3, -0.25) is 10.1 Å². The fourth-order valence-corrected chi connectivity index (χ4v) is 3.24. The second kappa shape index (κ2) is 7.79. The van der Waals surface area contributed by atoms with E-state index in [2.05, 4.69) is 19.2 Å². The predicted octanol–water partition coefficient (Wildman–Crippen LogP) is 2.37. The van der Waals surface area contributed by atoms with Crippen molar-refractivity contribution in [3.63, 3.8) is 0 Å². The van der Waals surface area contributed by atoms with Gasteiger partial charge in [0.15, 0.2) is 0 Å². The van der Waals surface area contributed by atoms with E-state index in [-0.39, 0.29) is 11.9 Å². The number of nitrogens with one attached hydrogen (secondary N) is 1. The lowest BCUT2D eigenvalue weighted by Crippen LogP contribution is -2.46. The summed E-state index contributed by atoms with van der Waals surface area (Å²) in [5, 5.41) is 3.27. The number of methoxy groups -OCH3 is 1. The topological polar surface area (TPSA) is 54.7 Å². The second-order valence-electron chi connectivity index (χ2n) is 6.58. The number of hydrogen-bond acceptors (Lipinski definition) is 4. The molecule has 5 nitrogen and oxygen atoms in total. The minimum absolute atomic E-state index is 0.0951. The van der Waals surface area contributed by atoms with E-state index in [0.717, 1.165) is 24.6 Å². The molecule has 0 radical (unpaired) electrons. The molecule has 1 aromatic rings. The highest BCUT2D eigenvalue weighted by molar-refractivity contribution is 5.78. The quantitative estimate of drug-likeness (QED) is 0.876. The summed E-state index contributed by atoms with van der Waals surface area (Å²) in [5.41, 5.74) is 0. The van der Waals surface area contributed by atoms with Crippen molar-refractivity contribution in [3.8, 4) is 0 Å². The Hall–Kier alpha value is -1.33. The molecule has 3 atom stereocenters. The highest BCUT2D eigenvalue weighted by Gasteiger charge is 2.26. The van der Waals surface area contributed by atoms with Gasteiger partial charge in [-0.05, 0) is 37.3 Å². The molecular weight excluding hydrogens is 280 g/mol. The van der Waals surface area contributed by atoms with Crippen molar-refractivity contribution in [2.45, 2.75) is 33.2 Å². The van der Waals surface area contributed by atoms with Crippen LogP contribution in [0.3, 0.4) is 0 Å². The van der Waals surface area contributed by atoms with E-state index in [0.29, 0.717) is 25.0 Å². The van der Waals surface area contributed by atoms with Crippen LogP contribution in [-0.4, -0.2) is 44.2 Å². The summed E-state index contributed by atoms with van der Waals surface area (Å²) in [6.45, 7) is 8.85. The average molecular weight is 308 g/mol. The summed E-state index contributed by atoms with van der Waals surface area (Å²) in [6.07, 6.45) is 1.20. The van der Waals surface area contributed by atoms with Crippen LogP contribution < -0.4 is 5.32 Å². The summed E-state index contributed by atoms with van der Waals surface area (Å²) in [7, 11) is 1.65. The predicted molar refractivity (Wildman–Crippen MR) is 85.6 cm³/mol. The number of ether oxygens (including phenoxy) is 1. The summed E-state index contributed by atoms with van der Waals surface area (Å²) in [4.78, 5) is 14.4. The Bertz CT molecular complexity index is 476. The molecule has 5 heteroatoms. The fourth-order valence-electron chi connectivity index (χ4n) is 3.24. The third-order valence-electron chi connectivity index (χ3n) is 4.16. The van der Waals surface area contributed by atoms with E-state index >= 15 is 0 Å². The zero-order chi connectivity index (χ0) is 16.1. The number of piperidine rings is 1. The van der Waals surface area contributed by atoms with Gasteiger partial charge in [0.25, 0.3) is 0 Å². The Kier molecular flexibility index (Phi) is 6.03. The highest BCUT2D eigenvalue weighted by atomic mass is 16.5. The largest absolute Gasteiger partial charge is 0.465 e. The van der Waals surface area contributed by atoms with Gasteiger partial charge in [0.05, 0.1) is 19.2 Å². The number of rotatable bonds is 6. The fraction of sp³-hybridized carbons (Fsp3) is 0.706. The first kappa shape index (κ1) is 17.0. The van der Waals surface area contributed by atoms with Crippen LogP contribution in [0, 0.1) is 18.8 Å². The molecule has 2 heterocycles. The third kappa shape index (κ3) is 4.58. The summed E-state index contributed by atoms with van der Waals surface area (Å²) < 4.78 is 10.9. The van der Waals surface area contributed by atoms with Crippen molar-refractivity contribution in [2.75, 3.05) is 33.4 Å². The molecular formula is C17H28N2O3. The van der Waals surface area contributed by atoms with E-state index in [1.165, 1.54) is 6.42 Å². The Morgan fingerprint density at radius 2 is 2.09 bits per heavy atom. The maximum atomic E-state index is 12.4. The van der Waals surface area contributed by atoms with E-state index < -0.39 is 0 Å². The Labute approximate surface area is 133 Å². The van der Waals surface area contributed by atoms with Crippen molar-refractivity contribution < 1.29 is 13.9 Å². The van der Waals surface area contributed by atoms with Gasteiger partial charge in [-0.2, -0.15) is 0 Å². The van der Waals surface area contributed by atoms with E-state index in [4.69, 9.17) is 9.15 Å². The summed E-state index contributed by atoms with van der Waals surface area (Å²) in [5.74, 6) is 2.99. The smallest absolute Gasteiger partial charge is 0.236 e. The molecule has 22 heavy (non-hydrogen) atoms. The number of hydrogen-bond donors (Lipinski definition) is 1. The minimum Gasteiger partial charge on any atom is -0.465 e. The van der Waals surface area contributed by atoms with Crippen molar-refractivity contribution in [2.24, 2.45) is 11.8 Å². The van der Waals surface area contributed by atoms with Gasteiger partial charge in [0, 0.05) is 20.2 Å². The number of nitrogens with zero attached hydrogens (tertiary/aromatic N) is 1. The van der Waals surface area contributed by atoms with Crippen molar-refractivity contribution >= 4 is 5.91 Å². The van der Waals surface area contributed by atoms with Crippen LogP contribution in [0.5, 0.6) is 0 Å². The highest BCUT2D eigenvalue weighted by Crippen LogP contribution is 2.21. The number of aryl methyl sites for hydroxylation is 1. The van der Waals surface area contributed by atoms with Crippen LogP contribution in [0.1, 0.15) is 37.8 Å². The molecule has 0 saturated carbocycles. The maximum Gasteiger partial charge on any atom is 0.236 e. The van der Waals surface area contributed by atoms with Gasteiger partial charge in [-0.15, -0.1) is 0 Å². The lowest BCUT2D eigenvalue weighted by Gasteiger charge is -2.35. The van der Waals surface area contributed by atoms with Crippen LogP contribution in [0.25, 0.3) is 0 Å². The van der Waals surface area contributed by atoms with Gasteiger partial charge >= 0.3 is 0 Å². The first-order valence-corrected chi connectivity index (χ1v) is 8.06. The lowest BCUT2D eigenvalue weighted by molar-refractivity contribution is -0.133. The number of carbonyl (C=O) groups is 1. The molecule has 1 aromatic heterocycles. The van der Waals surface area contributed by atoms with Crippen molar-refractivity contribution in [1.29, 1.82) is 0 Å². The molecule has 1 aliphatic rings. The van der Waals surface area contributed by atoms with Gasteiger partial charge in [0.1, 0.15) is 11.5 Å². The number of amides is 1. The zero-order valence-electron chi connectivity index (χ0n) is 14.1.